The maximum absolute atomic E-state index is 12.8. The van der Waals surface area contributed by atoms with Crippen LogP contribution in [0.4, 0.5) is 5.69 Å². The summed E-state index contributed by atoms with van der Waals surface area (Å²) < 4.78 is 0. The van der Waals surface area contributed by atoms with Gasteiger partial charge in [0.2, 0.25) is 0 Å². The SMILES string of the molecule is CCNc1cnc(C(C)C)nc1C(=O)N1CCCC(C)C1. The molecule has 0 aliphatic carbocycles. The van der Waals surface area contributed by atoms with Crippen LogP contribution in [0.5, 0.6) is 0 Å². The molecule has 0 radical (unpaired) electrons. The normalized spacial score (nSPS) is 18.9. The van der Waals surface area contributed by atoms with Crippen molar-refractivity contribution in [1.29, 1.82) is 0 Å². The molecule has 1 N–H and O–H groups in total. The second-order valence-electron chi connectivity index (χ2n) is 6.17. The van der Waals surface area contributed by atoms with Crippen LogP contribution in [0.1, 0.15) is 62.8 Å². The third-order valence-corrected chi connectivity index (χ3v) is 3.84. The summed E-state index contributed by atoms with van der Waals surface area (Å²) in [5.74, 6) is 1.54. The van der Waals surface area contributed by atoms with Crippen molar-refractivity contribution in [3.63, 3.8) is 0 Å². The number of amides is 1. The highest BCUT2D eigenvalue weighted by atomic mass is 16.2. The molecular formula is C16H26N4O. The van der Waals surface area contributed by atoms with Crippen LogP contribution in [0.25, 0.3) is 0 Å². The molecule has 2 rings (SSSR count). The van der Waals surface area contributed by atoms with Crippen LogP contribution in [0, 0.1) is 5.92 Å². The van der Waals surface area contributed by atoms with Crippen molar-refractivity contribution in [2.45, 2.75) is 46.5 Å². The van der Waals surface area contributed by atoms with E-state index in [-0.39, 0.29) is 11.8 Å². The van der Waals surface area contributed by atoms with Crippen molar-refractivity contribution in [3.8, 4) is 0 Å². The van der Waals surface area contributed by atoms with E-state index in [0.717, 1.165) is 37.6 Å². The Hall–Kier alpha value is -1.65. The molecule has 116 valence electrons. The van der Waals surface area contributed by atoms with Gasteiger partial charge in [-0.05, 0) is 25.7 Å². The Morgan fingerprint density at radius 2 is 2.29 bits per heavy atom. The average Bonchev–Trinajstić information content (AvgIpc) is 2.47. The minimum atomic E-state index is 0.0294. The summed E-state index contributed by atoms with van der Waals surface area (Å²) in [6.45, 7) is 10.7. The average molecular weight is 290 g/mol. The van der Waals surface area contributed by atoms with Crippen molar-refractivity contribution in [2.24, 2.45) is 5.92 Å². The van der Waals surface area contributed by atoms with Gasteiger partial charge in [0, 0.05) is 25.6 Å². The summed E-state index contributed by atoms with van der Waals surface area (Å²) in [5, 5.41) is 3.20. The molecule has 1 fully saturated rings. The zero-order valence-electron chi connectivity index (χ0n) is 13.5. The lowest BCUT2D eigenvalue weighted by atomic mass is 10.00. The summed E-state index contributed by atoms with van der Waals surface area (Å²) in [6, 6.07) is 0. The molecule has 1 aliphatic heterocycles. The summed E-state index contributed by atoms with van der Waals surface area (Å²) >= 11 is 0. The fraction of sp³-hybridized carbons (Fsp3) is 0.688. The van der Waals surface area contributed by atoms with Crippen LogP contribution < -0.4 is 5.32 Å². The molecule has 0 saturated carbocycles. The number of carbonyl (C=O) groups excluding carboxylic acids is 1. The third-order valence-electron chi connectivity index (χ3n) is 3.84. The second-order valence-corrected chi connectivity index (χ2v) is 6.17. The van der Waals surface area contributed by atoms with E-state index in [1.165, 1.54) is 6.42 Å². The highest BCUT2D eigenvalue weighted by Crippen LogP contribution is 2.22. The van der Waals surface area contributed by atoms with Gasteiger partial charge in [-0.1, -0.05) is 20.8 Å². The second kappa shape index (κ2) is 6.87. The molecule has 1 unspecified atom stereocenters. The Labute approximate surface area is 127 Å². The first-order chi connectivity index (χ1) is 10.0. The van der Waals surface area contributed by atoms with E-state index in [9.17, 15) is 4.79 Å². The number of hydrogen-bond acceptors (Lipinski definition) is 4. The maximum atomic E-state index is 12.8. The van der Waals surface area contributed by atoms with Gasteiger partial charge in [-0.2, -0.15) is 0 Å². The van der Waals surface area contributed by atoms with Crippen LogP contribution >= 0.6 is 0 Å². The number of anilines is 1. The molecule has 2 heterocycles. The van der Waals surface area contributed by atoms with Crippen LogP contribution in [0.2, 0.25) is 0 Å². The number of hydrogen-bond donors (Lipinski definition) is 1. The number of carbonyl (C=O) groups is 1. The van der Waals surface area contributed by atoms with Gasteiger partial charge in [0.25, 0.3) is 5.91 Å². The van der Waals surface area contributed by atoms with Gasteiger partial charge < -0.3 is 10.2 Å². The molecule has 21 heavy (non-hydrogen) atoms. The quantitative estimate of drug-likeness (QED) is 0.926. The molecule has 0 bridgehead atoms. The van der Waals surface area contributed by atoms with Crippen molar-refractivity contribution >= 4 is 11.6 Å². The topological polar surface area (TPSA) is 58.1 Å². The van der Waals surface area contributed by atoms with Crippen LogP contribution in [-0.2, 0) is 0 Å². The van der Waals surface area contributed by atoms with Gasteiger partial charge in [-0.25, -0.2) is 9.97 Å². The Kier molecular flexibility index (Phi) is 5.15. The first-order valence-electron chi connectivity index (χ1n) is 7.93. The number of nitrogens with one attached hydrogen (secondary N) is 1. The minimum Gasteiger partial charge on any atom is -0.382 e. The van der Waals surface area contributed by atoms with Crippen molar-refractivity contribution < 1.29 is 4.79 Å². The molecule has 5 heteroatoms. The summed E-state index contributed by atoms with van der Waals surface area (Å²) in [5.41, 5.74) is 1.26. The molecule has 1 aromatic rings. The van der Waals surface area contributed by atoms with Crippen LogP contribution in [-0.4, -0.2) is 40.4 Å². The van der Waals surface area contributed by atoms with Gasteiger partial charge in [0.15, 0.2) is 5.69 Å². The molecule has 1 atom stereocenters. The van der Waals surface area contributed by atoms with E-state index in [0.29, 0.717) is 11.6 Å². The highest BCUT2D eigenvalue weighted by Gasteiger charge is 2.25. The van der Waals surface area contributed by atoms with E-state index in [1.807, 2.05) is 25.7 Å². The molecule has 0 spiro atoms. The number of aromatic nitrogens is 2. The minimum absolute atomic E-state index is 0.0294. The zero-order valence-corrected chi connectivity index (χ0v) is 13.5. The largest absolute Gasteiger partial charge is 0.382 e. The van der Waals surface area contributed by atoms with Gasteiger partial charge >= 0.3 is 0 Å². The summed E-state index contributed by atoms with van der Waals surface area (Å²) in [4.78, 5) is 23.6. The summed E-state index contributed by atoms with van der Waals surface area (Å²) in [6.07, 6.45) is 4.02. The number of piperidine rings is 1. The molecule has 1 amide bonds. The maximum Gasteiger partial charge on any atom is 0.274 e. The van der Waals surface area contributed by atoms with E-state index < -0.39 is 0 Å². The smallest absolute Gasteiger partial charge is 0.274 e. The number of likely N-dealkylation sites (tertiary alicyclic amines) is 1. The molecule has 0 aromatic carbocycles. The van der Waals surface area contributed by atoms with E-state index in [4.69, 9.17) is 0 Å². The summed E-state index contributed by atoms with van der Waals surface area (Å²) in [7, 11) is 0. The van der Waals surface area contributed by atoms with Crippen molar-refractivity contribution in [1.82, 2.24) is 14.9 Å². The molecule has 1 aliphatic rings. The van der Waals surface area contributed by atoms with Gasteiger partial charge in [0.1, 0.15) is 5.82 Å². The standard InChI is InChI=1S/C16H26N4O/c1-5-17-13-9-18-15(11(2)3)19-14(13)16(21)20-8-6-7-12(4)10-20/h9,11-12,17H,5-8,10H2,1-4H3. The Balaban J connectivity index is 2.30. The first-order valence-corrected chi connectivity index (χ1v) is 7.93. The monoisotopic (exact) mass is 290 g/mol. The van der Waals surface area contributed by atoms with Crippen LogP contribution in [0.15, 0.2) is 6.20 Å². The van der Waals surface area contributed by atoms with Crippen molar-refractivity contribution in [2.75, 3.05) is 25.0 Å². The Bertz CT molecular complexity index is 501. The number of nitrogens with zero attached hydrogens (tertiary/aromatic N) is 3. The highest BCUT2D eigenvalue weighted by molar-refractivity contribution is 5.97. The van der Waals surface area contributed by atoms with Gasteiger partial charge in [0.05, 0.1) is 11.9 Å². The molecule has 1 saturated heterocycles. The van der Waals surface area contributed by atoms with Gasteiger partial charge in [-0.3, -0.25) is 4.79 Å². The predicted molar refractivity (Wildman–Crippen MR) is 84.6 cm³/mol. The van der Waals surface area contributed by atoms with E-state index >= 15 is 0 Å². The third kappa shape index (κ3) is 3.71. The van der Waals surface area contributed by atoms with Crippen molar-refractivity contribution in [3.05, 3.63) is 17.7 Å². The molecule has 5 nitrogen and oxygen atoms in total. The zero-order chi connectivity index (χ0) is 15.4. The first kappa shape index (κ1) is 15.7. The van der Waals surface area contributed by atoms with E-state index in [1.54, 1.807) is 6.20 Å². The number of rotatable bonds is 4. The lowest BCUT2D eigenvalue weighted by Crippen LogP contribution is -2.40. The van der Waals surface area contributed by atoms with Crippen LogP contribution in [0.3, 0.4) is 0 Å². The fourth-order valence-corrected chi connectivity index (χ4v) is 2.68. The predicted octanol–water partition coefficient (Wildman–Crippen LogP) is 2.90. The van der Waals surface area contributed by atoms with E-state index in [2.05, 4.69) is 22.2 Å². The Morgan fingerprint density at radius 3 is 2.90 bits per heavy atom. The lowest BCUT2D eigenvalue weighted by Gasteiger charge is -2.31. The Morgan fingerprint density at radius 1 is 1.52 bits per heavy atom. The fourth-order valence-electron chi connectivity index (χ4n) is 2.68. The lowest BCUT2D eigenvalue weighted by molar-refractivity contribution is 0.0677. The van der Waals surface area contributed by atoms with Gasteiger partial charge in [-0.15, -0.1) is 0 Å². The molecule has 1 aromatic heterocycles. The molecular weight excluding hydrogens is 264 g/mol.